The van der Waals surface area contributed by atoms with Gasteiger partial charge in [-0.2, -0.15) is 0 Å². The van der Waals surface area contributed by atoms with Gasteiger partial charge in [0.25, 0.3) is 0 Å². The first-order chi connectivity index (χ1) is 12.0. The van der Waals surface area contributed by atoms with Gasteiger partial charge in [0.15, 0.2) is 11.5 Å². The van der Waals surface area contributed by atoms with E-state index in [1.807, 2.05) is 6.07 Å². The van der Waals surface area contributed by atoms with Gasteiger partial charge in [-0.1, -0.05) is 12.1 Å². The molecule has 0 bridgehead atoms. The molecule has 132 valence electrons. The molecule has 25 heavy (non-hydrogen) atoms. The fourth-order valence-electron chi connectivity index (χ4n) is 2.19. The van der Waals surface area contributed by atoms with Crippen LogP contribution in [-0.4, -0.2) is 32.6 Å². The Bertz CT molecular complexity index is 764. The van der Waals surface area contributed by atoms with E-state index in [9.17, 15) is 14.0 Å². The van der Waals surface area contributed by atoms with E-state index in [4.69, 9.17) is 9.47 Å². The van der Waals surface area contributed by atoms with Gasteiger partial charge in [-0.3, -0.25) is 9.59 Å². The van der Waals surface area contributed by atoms with Crippen molar-refractivity contribution in [2.75, 3.05) is 26.1 Å². The molecule has 2 aromatic carbocycles. The van der Waals surface area contributed by atoms with Crippen molar-refractivity contribution in [3.8, 4) is 11.5 Å². The number of amides is 2. The predicted octanol–water partition coefficient (Wildman–Crippen LogP) is 2.14. The minimum atomic E-state index is -0.849. The van der Waals surface area contributed by atoms with Crippen LogP contribution in [0.25, 0.3) is 0 Å². The second-order valence-electron chi connectivity index (χ2n) is 5.16. The van der Waals surface area contributed by atoms with Crippen LogP contribution >= 0.6 is 0 Å². The Balaban J connectivity index is 1.84. The molecule has 0 unspecified atom stereocenters. The van der Waals surface area contributed by atoms with Crippen molar-refractivity contribution in [1.82, 2.24) is 5.32 Å². The molecule has 0 spiro atoms. The summed E-state index contributed by atoms with van der Waals surface area (Å²) in [7, 11) is 3.09. The third-order valence-corrected chi connectivity index (χ3v) is 3.44. The topological polar surface area (TPSA) is 76.7 Å². The quantitative estimate of drug-likeness (QED) is 0.786. The molecule has 2 N–H and O–H groups in total. The van der Waals surface area contributed by atoms with Crippen molar-refractivity contribution in [3.63, 3.8) is 0 Å². The molecule has 0 saturated carbocycles. The maximum atomic E-state index is 13.1. The van der Waals surface area contributed by atoms with Crippen LogP contribution in [0.3, 0.4) is 0 Å². The molecule has 2 amide bonds. The largest absolute Gasteiger partial charge is 0.493 e. The molecule has 0 fully saturated rings. The third-order valence-electron chi connectivity index (χ3n) is 3.44. The first kappa shape index (κ1) is 18.3. The summed E-state index contributed by atoms with van der Waals surface area (Å²) in [5.41, 5.74) is 1.14. The number of hydrogen-bond donors (Lipinski definition) is 2. The summed E-state index contributed by atoms with van der Waals surface area (Å²) in [6, 6.07) is 10.7. The standard InChI is InChI=1S/C18H19FN2O4/c1-24-15-7-6-12(10-16(15)25-2)8-9-20-17(22)18(23)21-14-5-3-4-13(19)11-14/h3-7,10-11H,8-9H2,1-2H3,(H,20,22)(H,21,23). The van der Waals surface area contributed by atoms with E-state index in [2.05, 4.69) is 10.6 Å². The molecule has 0 atom stereocenters. The van der Waals surface area contributed by atoms with Crippen molar-refractivity contribution >= 4 is 17.5 Å². The number of carbonyl (C=O) groups is 2. The second kappa shape index (κ2) is 8.68. The normalized spacial score (nSPS) is 10.0. The summed E-state index contributed by atoms with van der Waals surface area (Å²) in [5.74, 6) is -0.922. The molecule has 2 aromatic rings. The molecule has 0 aromatic heterocycles. The van der Waals surface area contributed by atoms with Crippen LogP contribution in [0, 0.1) is 5.82 Å². The number of carbonyl (C=O) groups excluding carboxylic acids is 2. The van der Waals surface area contributed by atoms with Crippen LogP contribution in [0.15, 0.2) is 42.5 Å². The van der Waals surface area contributed by atoms with E-state index in [0.29, 0.717) is 17.9 Å². The highest BCUT2D eigenvalue weighted by Crippen LogP contribution is 2.27. The number of methoxy groups -OCH3 is 2. The molecule has 0 radical (unpaired) electrons. The zero-order chi connectivity index (χ0) is 18.2. The lowest BCUT2D eigenvalue weighted by atomic mass is 10.1. The van der Waals surface area contributed by atoms with E-state index in [0.717, 1.165) is 11.6 Å². The number of anilines is 1. The Labute approximate surface area is 144 Å². The summed E-state index contributed by atoms with van der Waals surface area (Å²) in [4.78, 5) is 23.6. The zero-order valence-electron chi connectivity index (χ0n) is 14.0. The van der Waals surface area contributed by atoms with Gasteiger partial charge in [0, 0.05) is 12.2 Å². The van der Waals surface area contributed by atoms with E-state index >= 15 is 0 Å². The number of hydrogen-bond acceptors (Lipinski definition) is 4. The summed E-state index contributed by atoms with van der Waals surface area (Å²) in [5, 5.41) is 4.85. The number of ether oxygens (including phenoxy) is 2. The second-order valence-corrected chi connectivity index (χ2v) is 5.16. The van der Waals surface area contributed by atoms with E-state index in [-0.39, 0.29) is 12.2 Å². The fraction of sp³-hybridized carbons (Fsp3) is 0.222. The van der Waals surface area contributed by atoms with Gasteiger partial charge in [-0.15, -0.1) is 0 Å². The van der Waals surface area contributed by atoms with Crippen LogP contribution in [0.5, 0.6) is 11.5 Å². The van der Waals surface area contributed by atoms with Crippen LogP contribution in [0.4, 0.5) is 10.1 Å². The molecule has 0 aliphatic carbocycles. The highest BCUT2D eigenvalue weighted by molar-refractivity contribution is 6.39. The van der Waals surface area contributed by atoms with Crippen LogP contribution in [-0.2, 0) is 16.0 Å². The van der Waals surface area contributed by atoms with Gasteiger partial charge >= 0.3 is 11.8 Å². The molecule has 0 saturated heterocycles. The first-order valence-corrected chi connectivity index (χ1v) is 7.59. The Morgan fingerprint density at radius 3 is 2.44 bits per heavy atom. The van der Waals surface area contributed by atoms with Gasteiger partial charge in [-0.25, -0.2) is 4.39 Å². The number of benzene rings is 2. The van der Waals surface area contributed by atoms with Gasteiger partial charge in [0.2, 0.25) is 0 Å². The minimum Gasteiger partial charge on any atom is -0.493 e. The summed E-state index contributed by atoms with van der Waals surface area (Å²) < 4.78 is 23.4. The summed E-state index contributed by atoms with van der Waals surface area (Å²) in [6.45, 7) is 0.269. The van der Waals surface area contributed by atoms with Gasteiger partial charge in [0.1, 0.15) is 5.82 Å². The Hall–Kier alpha value is -3.09. The molecule has 0 heterocycles. The van der Waals surface area contributed by atoms with Crippen molar-refractivity contribution in [1.29, 1.82) is 0 Å². The number of halogens is 1. The molecule has 6 nitrogen and oxygen atoms in total. The van der Waals surface area contributed by atoms with Crippen molar-refractivity contribution < 1.29 is 23.5 Å². The lowest BCUT2D eigenvalue weighted by Crippen LogP contribution is -2.36. The lowest BCUT2D eigenvalue weighted by Gasteiger charge is -2.10. The molecular weight excluding hydrogens is 327 g/mol. The first-order valence-electron chi connectivity index (χ1n) is 7.59. The smallest absolute Gasteiger partial charge is 0.313 e. The van der Waals surface area contributed by atoms with E-state index < -0.39 is 17.6 Å². The Morgan fingerprint density at radius 2 is 1.76 bits per heavy atom. The van der Waals surface area contributed by atoms with Crippen molar-refractivity contribution in [2.24, 2.45) is 0 Å². The molecule has 0 aliphatic rings. The SMILES string of the molecule is COc1ccc(CCNC(=O)C(=O)Nc2cccc(F)c2)cc1OC. The molecular formula is C18H19FN2O4. The molecule has 2 rings (SSSR count). The summed E-state index contributed by atoms with van der Waals surface area (Å²) in [6.07, 6.45) is 0.513. The van der Waals surface area contributed by atoms with Crippen molar-refractivity contribution in [2.45, 2.75) is 6.42 Å². The average molecular weight is 346 g/mol. The molecule has 0 aliphatic heterocycles. The number of nitrogens with one attached hydrogen (secondary N) is 2. The Morgan fingerprint density at radius 1 is 1.00 bits per heavy atom. The Kier molecular flexibility index (Phi) is 6.33. The predicted molar refractivity (Wildman–Crippen MR) is 91.3 cm³/mol. The van der Waals surface area contributed by atoms with Crippen LogP contribution in [0.2, 0.25) is 0 Å². The van der Waals surface area contributed by atoms with Crippen LogP contribution in [0.1, 0.15) is 5.56 Å². The van der Waals surface area contributed by atoms with E-state index in [1.165, 1.54) is 18.2 Å². The zero-order valence-corrected chi connectivity index (χ0v) is 14.0. The highest BCUT2D eigenvalue weighted by atomic mass is 19.1. The average Bonchev–Trinajstić information content (AvgIpc) is 2.61. The van der Waals surface area contributed by atoms with E-state index in [1.54, 1.807) is 26.4 Å². The third kappa shape index (κ3) is 5.20. The lowest BCUT2D eigenvalue weighted by molar-refractivity contribution is -0.136. The maximum absolute atomic E-state index is 13.1. The van der Waals surface area contributed by atoms with Gasteiger partial charge in [0.05, 0.1) is 14.2 Å². The van der Waals surface area contributed by atoms with Crippen LogP contribution < -0.4 is 20.1 Å². The van der Waals surface area contributed by atoms with Gasteiger partial charge < -0.3 is 20.1 Å². The maximum Gasteiger partial charge on any atom is 0.313 e. The van der Waals surface area contributed by atoms with Crippen molar-refractivity contribution in [3.05, 3.63) is 53.8 Å². The minimum absolute atomic E-state index is 0.222. The fourth-order valence-corrected chi connectivity index (χ4v) is 2.19. The highest BCUT2D eigenvalue weighted by Gasteiger charge is 2.13. The van der Waals surface area contributed by atoms with Gasteiger partial charge in [-0.05, 0) is 42.3 Å². The molecule has 7 heteroatoms. The summed E-state index contributed by atoms with van der Waals surface area (Å²) >= 11 is 0. The monoisotopic (exact) mass is 346 g/mol. The number of rotatable bonds is 6.